The maximum Gasteiger partial charge on any atom is 0.411 e. The first-order valence-corrected chi connectivity index (χ1v) is 10.8. The van der Waals surface area contributed by atoms with Crippen LogP contribution in [0.25, 0.3) is 22.2 Å². The number of aromatic nitrogens is 1. The van der Waals surface area contributed by atoms with E-state index in [1.165, 1.54) is 6.42 Å². The lowest BCUT2D eigenvalue weighted by molar-refractivity contribution is 0.130. The van der Waals surface area contributed by atoms with Gasteiger partial charge in [0.15, 0.2) is 0 Å². The van der Waals surface area contributed by atoms with Crippen molar-refractivity contribution in [2.75, 3.05) is 17.4 Å². The minimum absolute atomic E-state index is 0.183. The molecule has 7 nitrogen and oxygen atoms in total. The van der Waals surface area contributed by atoms with Crippen LogP contribution in [0.15, 0.2) is 42.5 Å². The zero-order chi connectivity index (χ0) is 22.0. The normalized spacial score (nSPS) is 13.8. The van der Waals surface area contributed by atoms with Gasteiger partial charge in [0.1, 0.15) is 5.75 Å². The summed E-state index contributed by atoms with van der Waals surface area (Å²) in [4.78, 5) is 11.9. The molecule has 164 valence electrons. The summed E-state index contributed by atoms with van der Waals surface area (Å²) in [5, 5.41) is 13.7. The van der Waals surface area contributed by atoms with Crippen molar-refractivity contribution in [3.05, 3.63) is 42.5 Å². The molecule has 1 aromatic heterocycles. The Morgan fingerprint density at radius 3 is 2.52 bits per heavy atom. The lowest BCUT2D eigenvalue weighted by Crippen LogP contribution is -2.18. The van der Waals surface area contributed by atoms with Crippen LogP contribution in [0.5, 0.6) is 5.75 Å². The van der Waals surface area contributed by atoms with E-state index in [1.54, 1.807) is 0 Å². The Morgan fingerprint density at radius 2 is 1.94 bits per heavy atom. The predicted octanol–water partition coefficient (Wildman–Crippen LogP) is 6.19. The minimum atomic E-state index is -0.479. The Hall–Kier alpha value is -3.19. The Bertz CT molecular complexity index is 1070. The van der Waals surface area contributed by atoms with Gasteiger partial charge in [-0.05, 0) is 64.3 Å². The van der Waals surface area contributed by atoms with E-state index in [0.29, 0.717) is 24.0 Å². The second-order valence-electron chi connectivity index (χ2n) is 8.06. The average molecular weight is 424 g/mol. The van der Waals surface area contributed by atoms with Gasteiger partial charge in [-0.15, -0.1) is 0 Å². The van der Waals surface area contributed by atoms with E-state index < -0.39 is 6.09 Å². The fourth-order valence-electron chi connectivity index (χ4n) is 4.04. The van der Waals surface area contributed by atoms with Crippen LogP contribution >= 0.6 is 0 Å². The highest BCUT2D eigenvalue weighted by Gasteiger charge is 2.28. The van der Waals surface area contributed by atoms with Gasteiger partial charge in [0.05, 0.1) is 29.6 Å². The minimum Gasteiger partial charge on any atom is -0.494 e. The Kier molecular flexibility index (Phi) is 6.04. The second kappa shape index (κ2) is 8.89. The number of fused-ring (bicyclic) bond motifs is 1. The molecule has 0 aliphatic heterocycles. The van der Waals surface area contributed by atoms with Gasteiger partial charge in [-0.1, -0.05) is 12.1 Å². The monoisotopic (exact) mass is 423 g/mol. The number of ether oxygens (including phenoxy) is 2. The van der Waals surface area contributed by atoms with E-state index in [1.807, 2.05) is 63.2 Å². The van der Waals surface area contributed by atoms with E-state index >= 15 is 0 Å². The van der Waals surface area contributed by atoms with Crippen molar-refractivity contribution in [1.82, 2.24) is 4.57 Å². The van der Waals surface area contributed by atoms with E-state index in [-0.39, 0.29) is 6.10 Å². The summed E-state index contributed by atoms with van der Waals surface area (Å²) >= 11 is 0. The van der Waals surface area contributed by atoms with Gasteiger partial charge in [0, 0.05) is 28.7 Å². The third-order valence-corrected chi connectivity index (χ3v) is 5.59. The van der Waals surface area contributed by atoms with Crippen LogP contribution in [0.4, 0.5) is 16.2 Å². The Labute approximate surface area is 181 Å². The highest BCUT2D eigenvalue weighted by molar-refractivity contribution is 6.02. The van der Waals surface area contributed by atoms with Crippen molar-refractivity contribution in [2.45, 2.75) is 52.2 Å². The fraction of sp³-hybridized carbons (Fsp3) is 0.375. The number of carbonyl (C=O) groups excluding carboxylic acids is 1. The van der Waals surface area contributed by atoms with Gasteiger partial charge in [0.2, 0.25) is 0 Å². The van der Waals surface area contributed by atoms with Crippen molar-refractivity contribution in [1.29, 1.82) is 0 Å². The number of nitrogens with zero attached hydrogens (tertiary/aromatic N) is 1. The molecule has 2 aromatic carbocycles. The number of nitrogens with one attached hydrogen (secondary N) is 2. The first-order valence-electron chi connectivity index (χ1n) is 10.8. The molecule has 1 amide bonds. The molecule has 0 bridgehead atoms. The fourth-order valence-corrected chi connectivity index (χ4v) is 4.04. The first kappa shape index (κ1) is 21.1. The van der Waals surface area contributed by atoms with Gasteiger partial charge in [-0.2, -0.15) is 0 Å². The average Bonchev–Trinajstić information content (AvgIpc) is 3.00. The molecular weight excluding hydrogens is 394 g/mol. The summed E-state index contributed by atoms with van der Waals surface area (Å²) in [6, 6.07) is 13.9. The number of hydrogen-bond acceptors (Lipinski definition) is 5. The lowest BCUT2D eigenvalue weighted by atomic mass is 9.92. The maximum atomic E-state index is 11.9. The SMILES string of the molecule is CCOc1ccc2c(NO)c(-c3ccc(NC(=O)OC(C)C)cc3)n(C3CCC3)c2c1. The van der Waals surface area contributed by atoms with E-state index in [0.717, 1.165) is 40.8 Å². The van der Waals surface area contributed by atoms with Gasteiger partial charge < -0.3 is 14.0 Å². The lowest BCUT2D eigenvalue weighted by Gasteiger charge is -2.30. The second-order valence-corrected chi connectivity index (χ2v) is 8.06. The van der Waals surface area contributed by atoms with Crippen LogP contribution in [0.1, 0.15) is 46.1 Å². The maximum absolute atomic E-state index is 11.9. The highest BCUT2D eigenvalue weighted by Crippen LogP contribution is 2.46. The number of amides is 1. The summed E-state index contributed by atoms with van der Waals surface area (Å²) in [6.07, 6.45) is 2.73. The zero-order valence-electron chi connectivity index (χ0n) is 18.1. The number of anilines is 2. The van der Waals surface area contributed by atoms with Crippen LogP contribution in [-0.4, -0.2) is 28.6 Å². The molecular formula is C24H29N3O4. The highest BCUT2D eigenvalue weighted by atomic mass is 16.6. The van der Waals surface area contributed by atoms with Crippen LogP contribution in [0.3, 0.4) is 0 Å². The van der Waals surface area contributed by atoms with E-state index in [4.69, 9.17) is 9.47 Å². The third-order valence-electron chi connectivity index (χ3n) is 5.59. The molecule has 0 spiro atoms. The van der Waals surface area contributed by atoms with Crippen molar-refractivity contribution < 1.29 is 19.5 Å². The molecule has 1 aliphatic rings. The molecule has 1 aliphatic carbocycles. The third kappa shape index (κ3) is 4.18. The molecule has 0 unspecified atom stereocenters. The molecule has 1 fully saturated rings. The molecule has 3 aromatic rings. The van der Waals surface area contributed by atoms with Gasteiger partial charge in [-0.25, -0.2) is 4.79 Å². The predicted molar refractivity (Wildman–Crippen MR) is 122 cm³/mol. The molecule has 0 radical (unpaired) electrons. The topological polar surface area (TPSA) is 84.8 Å². The van der Waals surface area contributed by atoms with Crippen LogP contribution in [-0.2, 0) is 4.74 Å². The van der Waals surface area contributed by atoms with Crippen molar-refractivity contribution in [3.63, 3.8) is 0 Å². The standard InChI is InChI=1S/C24H29N3O4/c1-4-30-19-12-13-20-21(14-19)27(18-6-5-7-18)23(22(20)26-29)16-8-10-17(11-9-16)25-24(28)31-15(2)3/h8-15,18,26,29H,4-7H2,1-3H3,(H,25,28). The zero-order valence-corrected chi connectivity index (χ0v) is 18.1. The van der Waals surface area contributed by atoms with Crippen LogP contribution in [0.2, 0.25) is 0 Å². The summed E-state index contributed by atoms with van der Waals surface area (Å²) in [5.74, 6) is 0.812. The van der Waals surface area contributed by atoms with Crippen molar-refractivity contribution in [2.24, 2.45) is 0 Å². The number of benzene rings is 2. The smallest absolute Gasteiger partial charge is 0.411 e. The van der Waals surface area contributed by atoms with Crippen LogP contribution in [0, 0.1) is 0 Å². The molecule has 0 saturated heterocycles. The van der Waals surface area contributed by atoms with Crippen molar-refractivity contribution in [3.8, 4) is 17.0 Å². The summed E-state index contributed by atoms with van der Waals surface area (Å²) in [5.41, 5.74) is 6.65. The van der Waals surface area contributed by atoms with E-state index in [9.17, 15) is 10.0 Å². The summed E-state index contributed by atoms with van der Waals surface area (Å²) in [6.45, 7) is 6.18. The Morgan fingerprint density at radius 1 is 1.19 bits per heavy atom. The van der Waals surface area contributed by atoms with Crippen LogP contribution < -0.4 is 15.5 Å². The van der Waals surface area contributed by atoms with Crippen molar-refractivity contribution >= 4 is 28.4 Å². The number of hydrogen-bond donors (Lipinski definition) is 3. The number of rotatable bonds is 7. The molecule has 31 heavy (non-hydrogen) atoms. The molecule has 1 saturated carbocycles. The molecule has 0 atom stereocenters. The molecule has 1 heterocycles. The Balaban J connectivity index is 1.76. The van der Waals surface area contributed by atoms with Gasteiger partial charge in [0.25, 0.3) is 0 Å². The van der Waals surface area contributed by atoms with Gasteiger partial charge in [-0.3, -0.25) is 16.0 Å². The van der Waals surface area contributed by atoms with E-state index in [2.05, 4.69) is 15.4 Å². The quantitative estimate of drug-likeness (QED) is 0.395. The molecule has 3 N–H and O–H groups in total. The van der Waals surface area contributed by atoms with Gasteiger partial charge >= 0.3 is 6.09 Å². The molecule has 4 rings (SSSR count). The summed E-state index contributed by atoms with van der Waals surface area (Å²) < 4.78 is 13.2. The summed E-state index contributed by atoms with van der Waals surface area (Å²) in [7, 11) is 0. The molecule has 7 heteroatoms. The first-order chi connectivity index (χ1) is 15.0. The number of carbonyl (C=O) groups is 1. The largest absolute Gasteiger partial charge is 0.494 e.